The van der Waals surface area contributed by atoms with E-state index in [-0.39, 0.29) is 31.5 Å². The summed E-state index contributed by atoms with van der Waals surface area (Å²) in [6, 6.07) is 36.0. The maximum atomic E-state index is 2.60. The van der Waals surface area contributed by atoms with E-state index in [4.69, 9.17) is 0 Å². The maximum absolute atomic E-state index is 2.60. The molecule has 6 rings (SSSR count). The first-order chi connectivity index (χ1) is 20.1. The van der Waals surface area contributed by atoms with Crippen LogP contribution in [0.5, 0.6) is 0 Å². The number of hydrogen-bond acceptors (Lipinski definition) is 0. The van der Waals surface area contributed by atoms with Gasteiger partial charge in [0.2, 0.25) is 0 Å². The topological polar surface area (TPSA) is 0 Å². The first-order valence-electron chi connectivity index (χ1n) is 15.7. The largest absolute Gasteiger partial charge is 1.00 e. The SMILES string of the molecule is CCCCCC.C[SiH2][Zr+2]([CH]1C(C)=Cc2c(-c3ccccc3)cccc21)[CH]1C(C)=Cc2c(-c3ccccc3)cccc21.[Cl-].[Cl-]. The van der Waals surface area contributed by atoms with Gasteiger partial charge < -0.3 is 24.8 Å². The first-order valence-corrected chi connectivity index (χ1v) is 25.8. The molecule has 2 aliphatic rings. The van der Waals surface area contributed by atoms with Gasteiger partial charge >= 0.3 is 220 Å². The predicted octanol–water partition coefficient (Wildman–Crippen LogP) is 4.98. The van der Waals surface area contributed by atoms with Gasteiger partial charge in [0.05, 0.1) is 0 Å². The fraction of sp³-hybridized carbons (Fsp3) is 0.282. The molecule has 0 spiro atoms. The molecule has 43 heavy (non-hydrogen) atoms. The van der Waals surface area contributed by atoms with Crippen LogP contribution in [-0.2, 0) is 20.9 Å². The van der Waals surface area contributed by atoms with Gasteiger partial charge in [0.25, 0.3) is 0 Å². The minimum absolute atomic E-state index is 0. The van der Waals surface area contributed by atoms with E-state index in [0.717, 1.165) is 0 Å². The molecule has 0 nitrogen and oxygen atoms in total. The van der Waals surface area contributed by atoms with Gasteiger partial charge in [-0.05, 0) is 0 Å². The fourth-order valence-electron chi connectivity index (χ4n) is 6.90. The zero-order valence-corrected chi connectivity index (χ0v) is 31.7. The van der Waals surface area contributed by atoms with E-state index in [0.29, 0.717) is 7.25 Å². The van der Waals surface area contributed by atoms with E-state index < -0.39 is 20.9 Å². The van der Waals surface area contributed by atoms with Gasteiger partial charge in [0.1, 0.15) is 0 Å². The van der Waals surface area contributed by atoms with Crippen LogP contribution in [0.25, 0.3) is 34.4 Å². The Labute approximate surface area is 282 Å². The van der Waals surface area contributed by atoms with Gasteiger partial charge in [-0.2, -0.15) is 0 Å². The molecule has 0 heterocycles. The van der Waals surface area contributed by atoms with E-state index in [2.05, 4.69) is 143 Å². The molecular weight excluding hydrogens is 659 g/mol. The van der Waals surface area contributed by atoms with Crippen molar-refractivity contribution in [1.29, 1.82) is 0 Å². The van der Waals surface area contributed by atoms with E-state index in [1.54, 1.807) is 22.3 Å². The van der Waals surface area contributed by atoms with Gasteiger partial charge in [-0.1, -0.05) is 39.5 Å². The Morgan fingerprint density at radius 3 is 1.30 bits per heavy atom. The van der Waals surface area contributed by atoms with Crippen LogP contribution in [0.3, 0.4) is 0 Å². The molecule has 4 aromatic carbocycles. The maximum Gasteiger partial charge on any atom is -1.00 e. The van der Waals surface area contributed by atoms with Crippen LogP contribution in [-0.4, -0.2) is 6.65 Å². The van der Waals surface area contributed by atoms with E-state index in [1.807, 2.05) is 0 Å². The Balaban J connectivity index is 0.000000578. The number of unbranched alkanes of at least 4 members (excludes halogenated alkanes) is 3. The van der Waals surface area contributed by atoms with Crippen molar-refractivity contribution in [3.63, 3.8) is 0 Å². The standard InChI is InChI=1S/2C16H13.C6H14.CH5Si.2ClH.Zr/c2*1-12-10-14-8-5-9-15(16(14)11-12)13-6-3-2-4-7-13;1-3-5-6-4-2;1-2;;;/h2*2-11H,1H3;3-6H2,1-2H3;2H2,1H3;2*1H;/q;;;;;;+2/p-2. The Kier molecular flexibility index (Phi) is 14.0. The second-order valence-corrected chi connectivity index (χ2v) is 28.0. The minimum Gasteiger partial charge on any atom is -1.00 e. The molecule has 2 atom stereocenters. The zero-order chi connectivity index (χ0) is 28.8. The fourth-order valence-corrected chi connectivity index (χ4v) is 27.5. The Morgan fingerprint density at radius 2 is 0.953 bits per heavy atom. The van der Waals surface area contributed by atoms with Crippen molar-refractivity contribution in [2.45, 2.75) is 67.2 Å². The van der Waals surface area contributed by atoms with Gasteiger partial charge in [-0.25, -0.2) is 0 Å². The van der Waals surface area contributed by atoms with Crippen molar-refractivity contribution >= 4 is 18.8 Å². The van der Waals surface area contributed by atoms with Crippen LogP contribution in [0.15, 0.2) is 108 Å². The van der Waals surface area contributed by atoms with Gasteiger partial charge in [0, 0.05) is 0 Å². The molecule has 2 aliphatic carbocycles. The summed E-state index contributed by atoms with van der Waals surface area (Å²) < 4.78 is 1.40. The minimum atomic E-state index is -1.88. The number of hydrogen-bond donors (Lipinski definition) is 0. The van der Waals surface area contributed by atoms with Crippen LogP contribution in [0.1, 0.15) is 82.9 Å². The van der Waals surface area contributed by atoms with Crippen molar-refractivity contribution in [3.05, 3.63) is 130 Å². The molecule has 0 N–H and O–H groups in total. The molecule has 0 saturated heterocycles. The molecule has 0 saturated carbocycles. The monoisotopic (exact) mass is 701 g/mol. The second-order valence-electron chi connectivity index (χ2n) is 11.6. The third-order valence-corrected chi connectivity index (χ3v) is 27.9. The summed E-state index contributed by atoms with van der Waals surface area (Å²) in [5.74, 6) is 0. The quantitative estimate of drug-likeness (QED) is 0.180. The summed E-state index contributed by atoms with van der Waals surface area (Å²) >= 11 is -1.88. The van der Waals surface area contributed by atoms with Gasteiger partial charge in [-0.3, -0.25) is 0 Å². The second kappa shape index (κ2) is 16.9. The Morgan fingerprint density at radius 1 is 0.558 bits per heavy atom. The van der Waals surface area contributed by atoms with Crippen LogP contribution in [0.2, 0.25) is 6.55 Å². The molecule has 0 aromatic heterocycles. The molecule has 0 fully saturated rings. The number of halogens is 2. The molecule has 0 bridgehead atoms. The molecular formula is C39H45Cl2SiZr. The third-order valence-electron chi connectivity index (χ3n) is 8.83. The summed E-state index contributed by atoms with van der Waals surface area (Å²) in [6.45, 7) is 11.8. The molecule has 0 radical (unpaired) electrons. The summed E-state index contributed by atoms with van der Waals surface area (Å²) in [5, 5.41) is 0. The van der Waals surface area contributed by atoms with Crippen molar-refractivity contribution in [1.82, 2.24) is 0 Å². The summed E-state index contributed by atoms with van der Waals surface area (Å²) in [6.07, 6.45) is 10.6. The normalized spacial score (nSPS) is 16.2. The number of allylic oxidation sites excluding steroid dienone is 2. The molecule has 4 aromatic rings. The zero-order valence-electron chi connectivity index (χ0n) is 26.3. The van der Waals surface area contributed by atoms with Crippen LogP contribution in [0.4, 0.5) is 0 Å². The average Bonchev–Trinajstić information content (AvgIpc) is 3.53. The van der Waals surface area contributed by atoms with E-state index in [1.165, 1.54) is 59.1 Å². The van der Waals surface area contributed by atoms with Crippen molar-refractivity contribution in [3.8, 4) is 22.3 Å². The third kappa shape index (κ3) is 7.65. The van der Waals surface area contributed by atoms with Crippen molar-refractivity contribution in [2.75, 3.05) is 0 Å². The Bertz CT molecular complexity index is 1410. The average molecular weight is 704 g/mol. The molecule has 0 aliphatic heterocycles. The van der Waals surface area contributed by atoms with Crippen molar-refractivity contribution in [2.24, 2.45) is 0 Å². The van der Waals surface area contributed by atoms with Crippen molar-refractivity contribution < 1.29 is 45.7 Å². The van der Waals surface area contributed by atoms with Crippen LogP contribution >= 0.6 is 0 Å². The first kappa shape index (κ1) is 35.5. The number of rotatable bonds is 8. The molecule has 223 valence electrons. The van der Waals surface area contributed by atoms with Crippen LogP contribution in [0, 0.1) is 0 Å². The predicted molar refractivity (Wildman–Crippen MR) is 181 cm³/mol. The molecule has 4 heteroatoms. The Hall–Kier alpha value is -1.96. The number of benzene rings is 4. The molecule has 2 unspecified atom stereocenters. The smallest absolute Gasteiger partial charge is 1.00 e. The van der Waals surface area contributed by atoms with E-state index >= 15 is 0 Å². The summed E-state index contributed by atoms with van der Waals surface area (Å²) in [4.78, 5) is 0. The summed E-state index contributed by atoms with van der Waals surface area (Å²) in [7, 11) is 0. The summed E-state index contributed by atoms with van der Waals surface area (Å²) in [5.41, 5.74) is 14.9. The van der Waals surface area contributed by atoms with E-state index in [9.17, 15) is 0 Å². The van der Waals surface area contributed by atoms with Gasteiger partial charge in [-0.15, -0.1) is 0 Å². The number of fused-ring (bicyclic) bond motifs is 2. The molecule has 0 amide bonds. The van der Waals surface area contributed by atoms with Gasteiger partial charge in [0.15, 0.2) is 0 Å². The van der Waals surface area contributed by atoms with Crippen LogP contribution < -0.4 is 24.8 Å².